The van der Waals surface area contributed by atoms with Crippen molar-refractivity contribution in [1.82, 2.24) is 16.0 Å². The molecule has 1 aromatic carbocycles. The van der Waals surface area contributed by atoms with Crippen LogP contribution in [0.1, 0.15) is 159 Å². The van der Waals surface area contributed by atoms with Gasteiger partial charge in [-0.3, -0.25) is 4.79 Å². The Morgan fingerprint density at radius 3 is 1.83 bits per heavy atom. The fourth-order valence-electron chi connectivity index (χ4n) is 5.42. The van der Waals surface area contributed by atoms with Crippen LogP contribution in [0, 0.1) is 30.1 Å². The number of aliphatic hydroxyl groups excluding tert-OH is 1. The number of benzene rings is 1. The van der Waals surface area contributed by atoms with Crippen molar-refractivity contribution in [3.05, 3.63) is 73.2 Å². The van der Waals surface area contributed by atoms with Crippen molar-refractivity contribution in [2.24, 2.45) is 23.0 Å². The molecule has 0 aliphatic heterocycles. The number of unbranched alkanes of at least 4 members (excludes halogenated alkanes) is 5. The Bertz CT molecular complexity index is 944. The summed E-state index contributed by atoms with van der Waals surface area (Å²) in [5.41, 5.74) is 7.80. The van der Waals surface area contributed by atoms with E-state index in [2.05, 4.69) is 127 Å². The van der Waals surface area contributed by atoms with E-state index in [-0.39, 0.29) is 29.3 Å². The van der Waals surface area contributed by atoms with Gasteiger partial charge in [-0.1, -0.05) is 190 Å². The summed E-state index contributed by atoms with van der Waals surface area (Å²) in [5.74, 6) is 1.24. The number of rotatable bonds is 17. The van der Waals surface area contributed by atoms with Gasteiger partial charge in [0, 0.05) is 25.0 Å². The fraction of sp³-hybridized carbons (Fsp3) is 0.674. The van der Waals surface area contributed by atoms with E-state index in [0.717, 1.165) is 50.2 Å². The average Bonchev–Trinajstić information content (AvgIpc) is 3.13. The van der Waals surface area contributed by atoms with Crippen molar-refractivity contribution >= 4 is 5.91 Å². The van der Waals surface area contributed by atoms with Gasteiger partial charge in [-0.05, 0) is 48.3 Å². The Morgan fingerprint density at radius 2 is 1.40 bits per heavy atom. The van der Waals surface area contributed by atoms with Crippen LogP contribution in [0.5, 0.6) is 0 Å². The summed E-state index contributed by atoms with van der Waals surface area (Å²) in [6, 6.07) is 10.0. The molecular weight excluding hydrogens is 641 g/mol. The normalized spacial score (nSPS) is 12.7. The zero-order valence-corrected chi connectivity index (χ0v) is 36.4. The second-order valence-electron chi connectivity index (χ2n) is 14.2. The molecule has 0 bridgehead atoms. The van der Waals surface area contributed by atoms with Gasteiger partial charge in [0.05, 0.1) is 6.04 Å². The highest BCUT2D eigenvalue weighted by molar-refractivity contribution is 5.82. The highest BCUT2D eigenvalue weighted by Crippen LogP contribution is 2.23. The first-order chi connectivity index (χ1) is 24.8. The number of nitrogens with two attached hydrogens (primary N) is 1. The van der Waals surface area contributed by atoms with E-state index in [1.807, 2.05) is 33.8 Å². The van der Waals surface area contributed by atoms with Crippen LogP contribution in [0.4, 0.5) is 0 Å². The van der Waals surface area contributed by atoms with Crippen LogP contribution in [0.2, 0.25) is 0 Å². The van der Waals surface area contributed by atoms with Gasteiger partial charge in [0.25, 0.3) is 0 Å². The predicted molar refractivity (Wildman–Crippen MR) is 235 cm³/mol. The third-order valence-electron chi connectivity index (χ3n) is 7.84. The molecule has 1 aliphatic rings. The average molecular weight is 729 g/mol. The highest BCUT2D eigenvalue weighted by Gasteiger charge is 2.25. The Labute approximate surface area is 325 Å². The monoisotopic (exact) mass is 729 g/mol. The topological polar surface area (TPSA) is 99.4 Å². The molecule has 6 nitrogen and oxygen atoms in total. The molecule has 2 unspecified atom stereocenters. The summed E-state index contributed by atoms with van der Waals surface area (Å²) in [4.78, 5) is 13.0. The van der Waals surface area contributed by atoms with Crippen LogP contribution >= 0.6 is 0 Å². The first kappa shape index (κ1) is 58.1. The lowest BCUT2D eigenvalue weighted by Gasteiger charge is -2.31. The van der Waals surface area contributed by atoms with E-state index < -0.39 is 0 Å². The SMILES string of the molecule is C#C.C=C(CC(C)(C)C)NC(Cc1ccccc1)C(=C)NC(C(=O)NCCCCCCCC)C(C)C.C=CN.CC.CC.CC1CCCCC1.CO. The number of hydrogen-bond acceptors (Lipinski definition) is 5. The highest BCUT2D eigenvalue weighted by atomic mass is 16.2. The smallest absolute Gasteiger partial charge is 0.242 e. The van der Waals surface area contributed by atoms with Gasteiger partial charge in [-0.15, -0.1) is 12.8 Å². The minimum atomic E-state index is -0.316. The van der Waals surface area contributed by atoms with Gasteiger partial charge in [-0.25, -0.2) is 0 Å². The molecule has 52 heavy (non-hydrogen) atoms. The van der Waals surface area contributed by atoms with Gasteiger partial charge in [0.15, 0.2) is 0 Å². The Hall–Kier alpha value is -3.17. The standard InChI is InChI=1S/C30H51N3O.C7H14.C2H5N.2C2H6.C2H2.CH4O/c1-9-10-11-12-13-17-20-31-29(34)28(23(2)3)33-25(5)27(21-26-18-15-14-16-19-26)32-24(4)22-30(6,7)8;1-7-5-3-2-4-6-7;1-2-3;4*1-2/h14-16,18-19,23,27-28,32-33H,4-5,9-13,17,20-22H2,1-3,6-8H3,(H,31,34);7H,2-6H2,1H3;2H,1,3H2;2*1-2H3;1-2H;2H,1H3. The maximum Gasteiger partial charge on any atom is 0.242 e. The van der Waals surface area contributed by atoms with Crippen molar-refractivity contribution in [2.75, 3.05) is 13.7 Å². The van der Waals surface area contributed by atoms with E-state index in [9.17, 15) is 4.79 Å². The number of aliphatic hydroxyl groups is 1. The van der Waals surface area contributed by atoms with E-state index in [4.69, 9.17) is 5.11 Å². The molecule has 304 valence electrons. The first-order valence-corrected chi connectivity index (χ1v) is 20.2. The Balaban J connectivity index is -0.000000339. The Morgan fingerprint density at radius 1 is 0.923 bits per heavy atom. The summed E-state index contributed by atoms with van der Waals surface area (Å²) < 4.78 is 0. The summed E-state index contributed by atoms with van der Waals surface area (Å²) >= 11 is 0. The minimum Gasteiger partial charge on any atom is -0.405 e. The molecule has 1 aliphatic carbocycles. The molecule has 1 saturated carbocycles. The van der Waals surface area contributed by atoms with E-state index in [1.165, 1.54) is 76.0 Å². The number of carbonyl (C=O) groups excluding carboxylic acids is 1. The second kappa shape index (κ2) is 42.2. The number of allylic oxidation sites excluding steroid dienone is 1. The molecular formula is C46H88N4O2. The van der Waals surface area contributed by atoms with Crippen LogP contribution in [-0.4, -0.2) is 36.8 Å². The molecule has 6 N–H and O–H groups in total. The van der Waals surface area contributed by atoms with Crippen molar-refractivity contribution in [2.45, 2.75) is 172 Å². The van der Waals surface area contributed by atoms with E-state index in [0.29, 0.717) is 0 Å². The number of carbonyl (C=O) groups is 1. The molecule has 1 amide bonds. The number of hydrogen-bond donors (Lipinski definition) is 5. The maximum absolute atomic E-state index is 13.0. The van der Waals surface area contributed by atoms with Crippen LogP contribution < -0.4 is 21.7 Å². The van der Waals surface area contributed by atoms with Crippen LogP contribution in [-0.2, 0) is 11.2 Å². The molecule has 2 rings (SSSR count). The number of amides is 1. The van der Waals surface area contributed by atoms with E-state index >= 15 is 0 Å². The quantitative estimate of drug-likeness (QED) is 0.0812. The predicted octanol–water partition coefficient (Wildman–Crippen LogP) is 11.3. The minimum absolute atomic E-state index is 0.0511. The third kappa shape index (κ3) is 38.1. The van der Waals surface area contributed by atoms with Crippen molar-refractivity contribution in [3.63, 3.8) is 0 Å². The molecule has 6 heteroatoms. The molecule has 1 aromatic rings. The zero-order chi connectivity index (χ0) is 41.4. The summed E-state index contributed by atoms with van der Waals surface area (Å²) in [7, 11) is 1.00. The fourth-order valence-corrected chi connectivity index (χ4v) is 5.42. The summed E-state index contributed by atoms with van der Waals surface area (Å²) in [5, 5.41) is 17.2. The maximum atomic E-state index is 13.0. The van der Waals surface area contributed by atoms with Gasteiger partial charge < -0.3 is 26.8 Å². The summed E-state index contributed by atoms with van der Waals surface area (Å²) in [6.45, 7) is 35.9. The third-order valence-corrected chi connectivity index (χ3v) is 7.84. The van der Waals surface area contributed by atoms with Gasteiger partial charge in [0.2, 0.25) is 5.91 Å². The van der Waals surface area contributed by atoms with Crippen LogP contribution in [0.3, 0.4) is 0 Å². The molecule has 0 radical (unpaired) electrons. The zero-order valence-electron chi connectivity index (χ0n) is 36.4. The molecule has 0 spiro atoms. The lowest BCUT2D eigenvalue weighted by Crippen LogP contribution is -2.50. The van der Waals surface area contributed by atoms with Gasteiger partial charge >= 0.3 is 0 Å². The summed E-state index contributed by atoms with van der Waals surface area (Å²) in [6.07, 6.45) is 25.6. The second-order valence-corrected chi connectivity index (χ2v) is 14.2. The van der Waals surface area contributed by atoms with E-state index in [1.54, 1.807) is 0 Å². The van der Waals surface area contributed by atoms with Crippen LogP contribution in [0.15, 0.2) is 67.7 Å². The molecule has 0 heterocycles. The largest absolute Gasteiger partial charge is 0.405 e. The van der Waals surface area contributed by atoms with Crippen LogP contribution in [0.25, 0.3) is 0 Å². The first-order valence-electron chi connectivity index (χ1n) is 20.2. The molecule has 2 atom stereocenters. The molecule has 0 saturated heterocycles. The lowest BCUT2D eigenvalue weighted by molar-refractivity contribution is -0.124. The van der Waals surface area contributed by atoms with Crippen molar-refractivity contribution in [3.8, 4) is 12.8 Å². The lowest BCUT2D eigenvalue weighted by atomic mass is 9.90. The van der Waals surface area contributed by atoms with Gasteiger partial charge in [0.1, 0.15) is 6.04 Å². The molecule has 0 aromatic heterocycles. The van der Waals surface area contributed by atoms with Crippen molar-refractivity contribution in [1.29, 1.82) is 0 Å². The van der Waals surface area contributed by atoms with Crippen molar-refractivity contribution < 1.29 is 9.90 Å². The number of nitrogens with one attached hydrogen (secondary N) is 3. The molecule has 1 fully saturated rings. The number of terminal acetylenes is 1. The Kier molecular flexibility index (Phi) is 47.2. The van der Waals surface area contributed by atoms with Gasteiger partial charge in [-0.2, -0.15) is 0 Å².